The fourth-order valence-electron chi connectivity index (χ4n) is 4.41. The molecule has 3 aliphatic rings. The monoisotopic (exact) mass is 342 g/mol. The predicted molar refractivity (Wildman–Crippen MR) is 96.5 cm³/mol. The second kappa shape index (κ2) is 4.97. The third-order valence-electron chi connectivity index (χ3n) is 5.31. The summed E-state index contributed by atoms with van der Waals surface area (Å²) in [4.78, 5) is 17.8. The number of thioether (sulfide) groups is 1. The Balaban J connectivity index is 2.19. The summed E-state index contributed by atoms with van der Waals surface area (Å²) in [5.41, 5.74) is 2.66. The van der Waals surface area contributed by atoms with Gasteiger partial charge in [-0.15, -0.1) is 16.2 Å². The summed E-state index contributed by atoms with van der Waals surface area (Å²) in [5.74, 6) is 0.711. The number of carbonyl (C=O) groups is 1. The van der Waals surface area contributed by atoms with Gasteiger partial charge in [0.2, 0.25) is 0 Å². The molecular formula is C18H20N3O2S+. The molecule has 24 heavy (non-hydrogen) atoms. The van der Waals surface area contributed by atoms with Crippen molar-refractivity contribution in [3.8, 4) is 0 Å². The third-order valence-corrected chi connectivity index (χ3v) is 6.02. The van der Waals surface area contributed by atoms with Gasteiger partial charge in [0.15, 0.2) is 5.54 Å². The zero-order chi connectivity index (χ0) is 17.1. The van der Waals surface area contributed by atoms with E-state index in [0.717, 1.165) is 28.4 Å². The van der Waals surface area contributed by atoms with E-state index in [1.165, 1.54) is 7.11 Å². The Morgan fingerprint density at radius 2 is 2.25 bits per heavy atom. The van der Waals surface area contributed by atoms with E-state index in [-0.39, 0.29) is 10.6 Å². The average Bonchev–Trinajstić information content (AvgIpc) is 3.09. The van der Waals surface area contributed by atoms with Gasteiger partial charge < -0.3 is 4.74 Å². The van der Waals surface area contributed by atoms with Gasteiger partial charge >= 0.3 is 12.0 Å². The van der Waals surface area contributed by atoms with Crippen LogP contribution in [0.2, 0.25) is 0 Å². The third kappa shape index (κ3) is 1.46. The Morgan fingerprint density at radius 1 is 1.46 bits per heavy atom. The highest BCUT2D eigenvalue weighted by atomic mass is 32.2. The fourth-order valence-corrected chi connectivity index (χ4v) is 4.92. The lowest BCUT2D eigenvalue weighted by atomic mass is 9.80. The van der Waals surface area contributed by atoms with Crippen LogP contribution in [0.1, 0.15) is 20.3 Å². The lowest BCUT2D eigenvalue weighted by Gasteiger charge is -2.43. The normalized spacial score (nSPS) is 29.9. The minimum absolute atomic E-state index is 0.0163. The SMILES string of the molecule is COC(=O)[N+]12C(C)=CC=CC13CC=CC(C)=C3n1c(SC)cnc12. The Morgan fingerprint density at radius 3 is 2.96 bits per heavy atom. The number of fused-ring (bicyclic) bond motifs is 3. The van der Waals surface area contributed by atoms with Crippen LogP contribution >= 0.6 is 11.8 Å². The molecule has 1 aromatic rings. The molecule has 4 rings (SSSR count). The van der Waals surface area contributed by atoms with Crippen molar-refractivity contribution < 1.29 is 9.53 Å². The van der Waals surface area contributed by atoms with Gasteiger partial charge in [-0.3, -0.25) is 0 Å². The highest BCUT2D eigenvalue weighted by Gasteiger charge is 2.70. The number of amides is 1. The number of hydrogen-bond donors (Lipinski definition) is 0. The van der Waals surface area contributed by atoms with Gasteiger partial charge in [-0.1, -0.05) is 18.2 Å². The molecule has 0 bridgehead atoms. The molecule has 124 valence electrons. The van der Waals surface area contributed by atoms with Crippen LogP contribution in [0.3, 0.4) is 0 Å². The van der Waals surface area contributed by atoms with Crippen LogP contribution in [0.15, 0.2) is 52.9 Å². The number of carbonyl (C=O) groups excluding carboxylic acids is 1. The molecular weight excluding hydrogens is 322 g/mol. The minimum Gasteiger partial charge on any atom is -0.423 e. The first-order valence-corrected chi connectivity index (χ1v) is 9.12. The molecule has 1 spiro atoms. The molecule has 0 saturated carbocycles. The number of nitrogens with zero attached hydrogens (tertiary/aromatic N) is 3. The number of rotatable bonds is 1. The molecule has 6 heteroatoms. The lowest BCUT2D eigenvalue weighted by molar-refractivity contribution is 0.118. The van der Waals surface area contributed by atoms with Crippen molar-refractivity contribution in [3.05, 3.63) is 47.8 Å². The van der Waals surface area contributed by atoms with E-state index < -0.39 is 5.54 Å². The first-order valence-electron chi connectivity index (χ1n) is 7.89. The number of allylic oxidation sites excluding steroid dienone is 5. The van der Waals surface area contributed by atoms with Crippen LogP contribution in [0.25, 0.3) is 5.70 Å². The van der Waals surface area contributed by atoms with Gasteiger partial charge in [-0.2, -0.15) is 9.78 Å². The molecule has 1 aromatic heterocycles. The Labute approximate surface area is 145 Å². The number of imidazole rings is 1. The highest BCUT2D eigenvalue weighted by Crippen LogP contribution is 2.58. The van der Waals surface area contributed by atoms with E-state index >= 15 is 0 Å². The Kier molecular flexibility index (Phi) is 3.21. The summed E-state index contributed by atoms with van der Waals surface area (Å²) in [5, 5.41) is 1.03. The van der Waals surface area contributed by atoms with Crippen LogP contribution in [-0.4, -0.2) is 34.5 Å². The highest BCUT2D eigenvalue weighted by molar-refractivity contribution is 7.98. The van der Waals surface area contributed by atoms with E-state index in [1.807, 2.05) is 31.5 Å². The van der Waals surface area contributed by atoms with Crippen molar-refractivity contribution in [2.24, 2.45) is 0 Å². The molecule has 0 N–H and O–H groups in total. The predicted octanol–water partition coefficient (Wildman–Crippen LogP) is 4.10. The lowest BCUT2D eigenvalue weighted by Crippen LogP contribution is -2.66. The molecule has 3 heterocycles. The summed E-state index contributed by atoms with van der Waals surface area (Å²) in [6.45, 7) is 4.08. The Hall–Kier alpha value is -2.05. The molecule has 1 aliphatic carbocycles. The maximum absolute atomic E-state index is 13.2. The summed E-state index contributed by atoms with van der Waals surface area (Å²) < 4.78 is 7.43. The summed E-state index contributed by atoms with van der Waals surface area (Å²) in [6, 6.07) is 0. The largest absolute Gasteiger partial charge is 0.529 e. The number of hydrogen-bond acceptors (Lipinski definition) is 4. The maximum Gasteiger partial charge on any atom is 0.529 e. The fraction of sp³-hybridized carbons (Fsp3) is 0.333. The van der Waals surface area contributed by atoms with Gasteiger partial charge in [0.05, 0.1) is 19.0 Å². The number of quaternary nitrogens is 1. The molecule has 0 saturated heterocycles. The van der Waals surface area contributed by atoms with Crippen molar-refractivity contribution in [1.29, 1.82) is 0 Å². The van der Waals surface area contributed by atoms with E-state index in [9.17, 15) is 4.79 Å². The molecule has 1 amide bonds. The second-order valence-corrected chi connectivity index (χ2v) is 7.13. The quantitative estimate of drug-likeness (QED) is 0.569. The molecule has 2 atom stereocenters. The topological polar surface area (TPSA) is 44.1 Å². The van der Waals surface area contributed by atoms with E-state index in [2.05, 4.69) is 34.7 Å². The van der Waals surface area contributed by atoms with Gasteiger partial charge in [0.1, 0.15) is 10.7 Å². The average molecular weight is 342 g/mol. The van der Waals surface area contributed by atoms with Gasteiger partial charge in [-0.05, 0) is 30.9 Å². The first kappa shape index (κ1) is 15.5. The van der Waals surface area contributed by atoms with Gasteiger partial charge in [-0.25, -0.2) is 4.57 Å². The zero-order valence-corrected chi connectivity index (χ0v) is 15.1. The zero-order valence-electron chi connectivity index (χ0n) is 14.2. The van der Waals surface area contributed by atoms with Crippen molar-refractivity contribution in [2.75, 3.05) is 13.4 Å². The van der Waals surface area contributed by atoms with Crippen molar-refractivity contribution >= 4 is 29.5 Å². The Bertz CT molecular complexity index is 877. The van der Waals surface area contributed by atoms with Gasteiger partial charge in [0, 0.05) is 13.3 Å². The van der Waals surface area contributed by atoms with E-state index in [4.69, 9.17) is 4.74 Å². The molecule has 5 nitrogen and oxygen atoms in total. The second-order valence-electron chi connectivity index (χ2n) is 6.31. The van der Waals surface area contributed by atoms with Crippen molar-refractivity contribution in [2.45, 2.75) is 30.8 Å². The van der Waals surface area contributed by atoms with E-state index in [1.54, 1.807) is 11.8 Å². The van der Waals surface area contributed by atoms with Crippen LogP contribution in [0.4, 0.5) is 10.7 Å². The van der Waals surface area contributed by atoms with Crippen molar-refractivity contribution in [1.82, 2.24) is 14.0 Å². The van der Waals surface area contributed by atoms with Gasteiger partial charge in [0.25, 0.3) is 0 Å². The molecule has 2 unspecified atom stereocenters. The molecule has 0 radical (unpaired) electrons. The number of ether oxygens (including phenoxy) is 1. The van der Waals surface area contributed by atoms with Crippen LogP contribution in [0.5, 0.6) is 0 Å². The van der Waals surface area contributed by atoms with Crippen LogP contribution < -0.4 is 4.48 Å². The van der Waals surface area contributed by atoms with Crippen molar-refractivity contribution in [3.63, 3.8) is 0 Å². The summed E-state index contributed by atoms with van der Waals surface area (Å²) in [6.07, 6.45) is 14.7. The number of aromatic nitrogens is 2. The molecule has 0 fully saturated rings. The smallest absolute Gasteiger partial charge is 0.423 e. The number of methoxy groups -OCH3 is 1. The molecule has 0 aromatic carbocycles. The van der Waals surface area contributed by atoms with Crippen LogP contribution in [0, 0.1) is 0 Å². The first-order chi connectivity index (χ1) is 11.5. The standard InChI is InChI=1S/C18H20N3O2S/c1-12-7-5-9-18-10-6-8-13(2)21(18,17(22)23-3)16-19-11-14(24-4)20(16)15(12)18/h5-8,10-11H,9H2,1-4H3/q+1. The summed E-state index contributed by atoms with van der Waals surface area (Å²) >= 11 is 1.64. The molecule has 2 aliphatic heterocycles. The summed E-state index contributed by atoms with van der Waals surface area (Å²) in [7, 11) is 1.45. The van der Waals surface area contributed by atoms with Crippen LogP contribution in [-0.2, 0) is 4.74 Å². The van der Waals surface area contributed by atoms with E-state index in [0.29, 0.717) is 5.95 Å². The minimum atomic E-state index is -0.529. The maximum atomic E-state index is 13.2.